The molecule has 12 heteroatoms. The second-order valence-electron chi connectivity index (χ2n) is 10.8. The Bertz CT molecular complexity index is 1860. The summed E-state index contributed by atoms with van der Waals surface area (Å²) in [5, 5.41) is 8.96. The van der Waals surface area contributed by atoms with Crippen molar-refractivity contribution in [3.8, 4) is 17.7 Å². The smallest absolute Gasteiger partial charge is 0.338 e. The Hall–Kier alpha value is -4.86. The summed E-state index contributed by atoms with van der Waals surface area (Å²) in [6, 6.07) is 15.4. The van der Waals surface area contributed by atoms with Crippen LogP contribution in [-0.4, -0.2) is 57.7 Å². The highest BCUT2D eigenvalue weighted by Crippen LogP contribution is 2.32. The summed E-state index contributed by atoms with van der Waals surface area (Å²) in [6.45, 7) is 2.93. The lowest BCUT2D eigenvalue weighted by atomic mass is 9.93. The van der Waals surface area contributed by atoms with E-state index < -0.39 is 11.8 Å². The normalized spacial score (nSPS) is 13.9. The number of methoxy groups -OCH3 is 2. The van der Waals surface area contributed by atoms with E-state index in [-0.39, 0.29) is 18.1 Å². The molecule has 4 heterocycles. The number of likely N-dealkylation sites (tertiary alicyclic amines) is 1. The third kappa shape index (κ3) is 6.64. The van der Waals surface area contributed by atoms with Gasteiger partial charge in [-0.05, 0) is 56.3 Å². The number of piperidine rings is 1. The van der Waals surface area contributed by atoms with Crippen LogP contribution in [0, 0.1) is 17.1 Å². The number of carbonyl (C=O) groups is 1. The maximum atomic E-state index is 14.3. The molecule has 45 heavy (non-hydrogen) atoms. The van der Waals surface area contributed by atoms with Crippen LogP contribution in [0.25, 0.3) is 11.0 Å². The monoisotopic (exact) mass is 626 g/mol. The molecular formula is C33H31FN6O4S. The Morgan fingerprint density at radius 1 is 1.11 bits per heavy atom. The van der Waals surface area contributed by atoms with Gasteiger partial charge in [0.25, 0.3) is 0 Å². The van der Waals surface area contributed by atoms with Crippen LogP contribution in [0.3, 0.4) is 0 Å². The van der Waals surface area contributed by atoms with E-state index in [4.69, 9.17) is 29.4 Å². The molecule has 2 aromatic carbocycles. The highest BCUT2D eigenvalue weighted by atomic mass is 32.1. The number of carbonyl (C=O) groups excluding carboxylic acids is 1. The number of halogens is 1. The lowest BCUT2D eigenvalue weighted by Gasteiger charge is -2.31. The van der Waals surface area contributed by atoms with Gasteiger partial charge in [-0.2, -0.15) is 5.26 Å². The van der Waals surface area contributed by atoms with Gasteiger partial charge < -0.3 is 18.8 Å². The average Bonchev–Trinajstić information content (AvgIpc) is 3.72. The largest absolute Gasteiger partial charge is 0.494 e. The van der Waals surface area contributed by atoms with Crippen molar-refractivity contribution in [3.05, 3.63) is 99.1 Å². The van der Waals surface area contributed by atoms with E-state index in [1.54, 1.807) is 48.2 Å². The van der Waals surface area contributed by atoms with E-state index in [1.807, 2.05) is 30.5 Å². The fourth-order valence-corrected chi connectivity index (χ4v) is 6.20. The summed E-state index contributed by atoms with van der Waals surface area (Å²) in [7, 11) is 2.93. The number of aromatic nitrogens is 4. The zero-order chi connectivity index (χ0) is 31.3. The SMILES string of the molecule is COC(=O)c1cc(OC)c2nc(CN3CCC(c4cccc(OCc5ccc(C#N)cc5F)n4)CC3)n(Cc3cncs3)c2c1. The lowest BCUT2D eigenvalue weighted by molar-refractivity contribution is 0.0600. The van der Waals surface area contributed by atoms with Gasteiger partial charge in [0.2, 0.25) is 5.88 Å². The van der Waals surface area contributed by atoms with E-state index in [0.717, 1.165) is 47.8 Å². The number of ether oxygens (including phenoxy) is 3. The molecule has 1 aliphatic heterocycles. The zero-order valence-corrected chi connectivity index (χ0v) is 25.7. The first kappa shape index (κ1) is 30.2. The molecule has 3 aromatic heterocycles. The summed E-state index contributed by atoms with van der Waals surface area (Å²) in [5.41, 5.74) is 5.29. The topological polar surface area (TPSA) is 115 Å². The fourth-order valence-electron chi connectivity index (χ4n) is 5.62. The van der Waals surface area contributed by atoms with Gasteiger partial charge in [0, 0.05) is 34.3 Å². The molecule has 0 atom stereocenters. The number of esters is 1. The van der Waals surface area contributed by atoms with Gasteiger partial charge in [-0.3, -0.25) is 9.88 Å². The molecule has 10 nitrogen and oxygen atoms in total. The van der Waals surface area contributed by atoms with Gasteiger partial charge in [0.15, 0.2) is 0 Å². The Kier molecular flexibility index (Phi) is 9.00. The van der Waals surface area contributed by atoms with Crippen LogP contribution in [-0.2, 0) is 24.4 Å². The number of hydrogen-bond donors (Lipinski definition) is 0. The molecule has 1 saturated heterocycles. The van der Waals surface area contributed by atoms with Crippen LogP contribution >= 0.6 is 11.3 Å². The van der Waals surface area contributed by atoms with Crippen LogP contribution in [0.4, 0.5) is 4.39 Å². The Labute approximate surface area is 263 Å². The summed E-state index contributed by atoms with van der Waals surface area (Å²) >= 11 is 1.57. The highest BCUT2D eigenvalue weighted by molar-refractivity contribution is 7.09. The molecule has 0 spiro atoms. The van der Waals surface area contributed by atoms with Crippen molar-refractivity contribution in [1.29, 1.82) is 5.26 Å². The number of rotatable bonds is 10. The van der Waals surface area contributed by atoms with E-state index in [9.17, 15) is 9.18 Å². The summed E-state index contributed by atoms with van der Waals surface area (Å²) in [5.74, 6) is 1.19. The van der Waals surface area contributed by atoms with E-state index in [2.05, 4.69) is 14.5 Å². The molecule has 5 aromatic rings. The molecule has 0 amide bonds. The van der Waals surface area contributed by atoms with Gasteiger partial charge in [0.1, 0.15) is 29.5 Å². The van der Waals surface area contributed by atoms with Crippen LogP contribution in [0.1, 0.15) is 56.6 Å². The molecule has 6 rings (SSSR count). The summed E-state index contributed by atoms with van der Waals surface area (Å²) in [4.78, 5) is 29.8. The fraction of sp³-hybridized carbons (Fsp3) is 0.303. The Morgan fingerprint density at radius 2 is 1.96 bits per heavy atom. The molecule has 1 aliphatic rings. The Morgan fingerprint density at radius 3 is 2.67 bits per heavy atom. The van der Waals surface area contributed by atoms with Crippen molar-refractivity contribution in [2.45, 2.75) is 38.5 Å². The number of pyridine rings is 1. The average molecular weight is 627 g/mol. The first-order valence-corrected chi connectivity index (χ1v) is 15.4. The van der Waals surface area contributed by atoms with Crippen LogP contribution in [0.2, 0.25) is 0 Å². The number of nitrogens with zero attached hydrogens (tertiary/aromatic N) is 6. The zero-order valence-electron chi connectivity index (χ0n) is 24.9. The second-order valence-corrected chi connectivity index (χ2v) is 11.7. The van der Waals surface area contributed by atoms with Crippen molar-refractivity contribution in [3.63, 3.8) is 0 Å². The summed E-state index contributed by atoms with van der Waals surface area (Å²) in [6.07, 6.45) is 3.66. The first-order chi connectivity index (χ1) is 21.9. The molecule has 0 aliphatic carbocycles. The predicted octanol–water partition coefficient (Wildman–Crippen LogP) is 5.70. The second kappa shape index (κ2) is 13.4. The van der Waals surface area contributed by atoms with Gasteiger partial charge in [-0.25, -0.2) is 19.2 Å². The van der Waals surface area contributed by atoms with Crippen molar-refractivity contribution >= 4 is 28.3 Å². The maximum Gasteiger partial charge on any atom is 0.338 e. The number of nitriles is 1. The number of benzene rings is 2. The van der Waals surface area contributed by atoms with Gasteiger partial charge in [0.05, 0.1) is 55.5 Å². The van der Waals surface area contributed by atoms with Gasteiger partial charge in [-0.15, -0.1) is 11.3 Å². The quantitative estimate of drug-likeness (QED) is 0.180. The molecule has 1 fully saturated rings. The number of thiazole rings is 1. The van der Waals surface area contributed by atoms with E-state index in [1.165, 1.54) is 13.2 Å². The molecule has 0 radical (unpaired) electrons. The molecule has 230 valence electrons. The summed E-state index contributed by atoms with van der Waals surface area (Å²) < 4.78 is 32.9. The van der Waals surface area contributed by atoms with Gasteiger partial charge >= 0.3 is 5.97 Å². The molecule has 0 saturated carbocycles. The predicted molar refractivity (Wildman–Crippen MR) is 166 cm³/mol. The van der Waals surface area contributed by atoms with Crippen LogP contribution in [0.15, 0.2) is 60.2 Å². The van der Waals surface area contributed by atoms with Crippen molar-refractivity contribution in [1.82, 2.24) is 24.4 Å². The lowest BCUT2D eigenvalue weighted by Crippen LogP contribution is -2.33. The standard InChI is InChI=1S/C33H31FN6O4S/c1-42-29-14-24(33(41)43-2)13-28-32(29)38-30(40(28)17-25-16-36-20-45-25)18-39-10-8-22(9-11-39)27-4-3-5-31(37-27)44-19-23-7-6-21(15-35)12-26(23)34/h3-7,12-14,16,20,22H,8-11,17-19H2,1-2H3. The third-order valence-electron chi connectivity index (χ3n) is 8.01. The minimum atomic E-state index is -0.472. The van der Waals surface area contributed by atoms with Crippen molar-refractivity contribution in [2.75, 3.05) is 27.3 Å². The third-order valence-corrected chi connectivity index (χ3v) is 8.77. The van der Waals surface area contributed by atoms with Crippen LogP contribution < -0.4 is 9.47 Å². The minimum absolute atomic E-state index is 0.0287. The van der Waals surface area contributed by atoms with Crippen molar-refractivity contribution < 1.29 is 23.4 Å². The number of fused-ring (bicyclic) bond motifs is 1. The minimum Gasteiger partial charge on any atom is -0.494 e. The number of imidazole rings is 1. The van der Waals surface area contributed by atoms with E-state index >= 15 is 0 Å². The molecule has 0 unspecified atom stereocenters. The van der Waals surface area contributed by atoms with E-state index in [0.29, 0.717) is 41.4 Å². The Balaban J connectivity index is 1.16. The first-order valence-electron chi connectivity index (χ1n) is 14.5. The molecule has 0 bridgehead atoms. The molecule has 0 N–H and O–H groups in total. The maximum absolute atomic E-state index is 14.3. The number of hydrogen-bond acceptors (Lipinski definition) is 10. The van der Waals surface area contributed by atoms with Crippen LogP contribution in [0.5, 0.6) is 11.6 Å². The molecular weight excluding hydrogens is 595 g/mol. The van der Waals surface area contributed by atoms with Crippen molar-refractivity contribution in [2.24, 2.45) is 0 Å². The highest BCUT2D eigenvalue weighted by Gasteiger charge is 2.25. The van der Waals surface area contributed by atoms with Gasteiger partial charge in [-0.1, -0.05) is 12.1 Å².